The van der Waals surface area contributed by atoms with Gasteiger partial charge < -0.3 is 9.15 Å². The third kappa shape index (κ3) is 2.52. The second-order valence-electron chi connectivity index (χ2n) is 5.78. The first-order chi connectivity index (χ1) is 11.6. The Hall–Kier alpha value is -2.16. The van der Waals surface area contributed by atoms with E-state index in [-0.39, 0.29) is 17.0 Å². The molecule has 0 radical (unpaired) electrons. The topological polar surface area (TPSA) is 86.4 Å². The van der Waals surface area contributed by atoms with Crippen molar-refractivity contribution in [3.63, 3.8) is 0 Å². The average Bonchev–Trinajstić information content (AvgIpc) is 3.26. The van der Waals surface area contributed by atoms with Crippen LogP contribution in [0.4, 0.5) is 0 Å². The Labute approximate surface area is 139 Å². The predicted octanol–water partition coefficient (Wildman–Crippen LogP) is 1.97. The number of para-hydroxylation sites is 1. The molecule has 2 aromatic heterocycles. The number of fused-ring (bicyclic) bond motifs is 1. The molecule has 3 heterocycles. The maximum atomic E-state index is 12.9. The minimum Gasteiger partial charge on any atom is -0.463 e. The summed E-state index contributed by atoms with van der Waals surface area (Å²) in [6.45, 7) is 0.494. The summed E-state index contributed by atoms with van der Waals surface area (Å²) in [7, 11) is -1.92. The minimum absolute atomic E-state index is 0.139. The number of sulfonamides is 1. The lowest BCUT2D eigenvalue weighted by atomic mass is 10.1. The molecule has 7 nitrogen and oxygen atoms in total. The summed E-state index contributed by atoms with van der Waals surface area (Å²) in [4.78, 5) is 0.139. The summed E-state index contributed by atoms with van der Waals surface area (Å²) in [5, 5.41) is 4.88. The van der Waals surface area contributed by atoms with E-state index in [0.717, 1.165) is 11.1 Å². The van der Waals surface area contributed by atoms with Crippen LogP contribution in [0.3, 0.4) is 0 Å². The van der Waals surface area contributed by atoms with Gasteiger partial charge in [-0.25, -0.2) is 13.1 Å². The highest BCUT2D eigenvalue weighted by molar-refractivity contribution is 7.89. The van der Waals surface area contributed by atoms with E-state index in [2.05, 4.69) is 9.82 Å². The van der Waals surface area contributed by atoms with Gasteiger partial charge in [-0.3, -0.25) is 4.68 Å². The number of ether oxygens (including phenoxy) is 1. The van der Waals surface area contributed by atoms with Crippen LogP contribution in [0.15, 0.2) is 52.1 Å². The summed E-state index contributed by atoms with van der Waals surface area (Å²) < 4.78 is 41.3. The molecule has 1 aliphatic heterocycles. The molecule has 24 heavy (non-hydrogen) atoms. The quantitative estimate of drug-likeness (QED) is 0.780. The van der Waals surface area contributed by atoms with Crippen LogP contribution in [0, 0.1) is 0 Å². The fraction of sp³-hybridized carbons (Fsp3) is 0.312. The number of aromatic nitrogens is 2. The fourth-order valence-corrected chi connectivity index (χ4v) is 4.54. The predicted molar refractivity (Wildman–Crippen MR) is 86.8 cm³/mol. The number of nitrogens with one attached hydrogen (secondary N) is 1. The van der Waals surface area contributed by atoms with Gasteiger partial charge in [-0.05, 0) is 24.6 Å². The highest BCUT2D eigenvalue weighted by Gasteiger charge is 2.35. The minimum atomic E-state index is -3.73. The van der Waals surface area contributed by atoms with Crippen molar-refractivity contribution >= 4 is 21.0 Å². The molecular weight excluding hydrogens is 330 g/mol. The number of rotatable bonds is 4. The monoisotopic (exact) mass is 347 g/mol. The highest BCUT2D eigenvalue weighted by atomic mass is 32.2. The molecule has 0 spiro atoms. The van der Waals surface area contributed by atoms with Gasteiger partial charge in [0.1, 0.15) is 11.0 Å². The van der Waals surface area contributed by atoms with Gasteiger partial charge in [-0.1, -0.05) is 12.1 Å². The van der Waals surface area contributed by atoms with Crippen LogP contribution in [0.25, 0.3) is 11.0 Å². The molecule has 2 atom stereocenters. The van der Waals surface area contributed by atoms with Crippen LogP contribution in [0.5, 0.6) is 0 Å². The second kappa shape index (κ2) is 5.73. The fourth-order valence-electron chi connectivity index (χ4n) is 3.10. The van der Waals surface area contributed by atoms with E-state index < -0.39 is 10.0 Å². The maximum absolute atomic E-state index is 12.9. The Morgan fingerprint density at radius 2 is 2.17 bits per heavy atom. The Kier molecular flexibility index (Phi) is 3.67. The highest BCUT2D eigenvalue weighted by Crippen LogP contribution is 2.31. The lowest BCUT2D eigenvalue weighted by molar-refractivity contribution is 0.0959. The zero-order valence-corrected chi connectivity index (χ0v) is 13.9. The first kappa shape index (κ1) is 15.4. The van der Waals surface area contributed by atoms with Gasteiger partial charge in [0.15, 0.2) is 5.58 Å². The van der Waals surface area contributed by atoms with Crippen LogP contribution < -0.4 is 4.72 Å². The van der Waals surface area contributed by atoms with Crippen LogP contribution in [0.2, 0.25) is 0 Å². The molecule has 126 valence electrons. The summed E-state index contributed by atoms with van der Waals surface area (Å²) in [6, 6.07) is 8.29. The van der Waals surface area contributed by atoms with E-state index in [9.17, 15) is 8.42 Å². The van der Waals surface area contributed by atoms with E-state index >= 15 is 0 Å². The van der Waals surface area contributed by atoms with Crippen molar-refractivity contribution < 1.29 is 17.6 Å². The van der Waals surface area contributed by atoms with Gasteiger partial charge in [0.05, 0.1) is 18.0 Å². The van der Waals surface area contributed by atoms with Crippen molar-refractivity contribution in [2.24, 2.45) is 7.05 Å². The van der Waals surface area contributed by atoms with Crippen molar-refractivity contribution in [2.75, 3.05) is 6.61 Å². The second-order valence-corrected chi connectivity index (χ2v) is 7.47. The molecule has 1 aromatic carbocycles. The first-order valence-corrected chi connectivity index (χ1v) is 9.12. The molecule has 1 aliphatic rings. The third-order valence-corrected chi connectivity index (χ3v) is 5.79. The largest absolute Gasteiger partial charge is 0.463 e. The molecule has 1 fully saturated rings. The molecule has 4 rings (SSSR count). The van der Waals surface area contributed by atoms with E-state index in [1.54, 1.807) is 29.1 Å². The summed E-state index contributed by atoms with van der Waals surface area (Å²) >= 11 is 0. The average molecular weight is 347 g/mol. The molecule has 0 saturated carbocycles. The van der Waals surface area contributed by atoms with Crippen molar-refractivity contribution in [3.05, 3.63) is 48.5 Å². The number of furan rings is 1. The molecule has 0 bridgehead atoms. The van der Waals surface area contributed by atoms with Gasteiger partial charge in [-0.2, -0.15) is 5.10 Å². The zero-order chi connectivity index (χ0) is 16.7. The number of hydrogen-bond donors (Lipinski definition) is 1. The van der Waals surface area contributed by atoms with E-state index in [1.165, 1.54) is 6.26 Å². The van der Waals surface area contributed by atoms with Crippen molar-refractivity contribution in [2.45, 2.75) is 23.5 Å². The van der Waals surface area contributed by atoms with Crippen LogP contribution in [-0.2, 0) is 21.8 Å². The van der Waals surface area contributed by atoms with Crippen molar-refractivity contribution in [1.82, 2.24) is 14.5 Å². The summed E-state index contributed by atoms with van der Waals surface area (Å²) in [5.74, 6) is 0. The van der Waals surface area contributed by atoms with Crippen LogP contribution in [-0.4, -0.2) is 30.8 Å². The molecular formula is C16H17N3O4S. The normalized spacial score (nSPS) is 21.5. The van der Waals surface area contributed by atoms with E-state index in [0.29, 0.717) is 18.6 Å². The van der Waals surface area contributed by atoms with Gasteiger partial charge >= 0.3 is 0 Å². The Bertz CT molecular complexity index is 976. The summed E-state index contributed by atoms with van der Waals surface area (Å²) in [6.07, 6.45) is 3.40. The van der Waals surface area contributed by atoms with Gasteiger partial charge in [-0.15, -0.1) is 0 Å². The molecule has 0 amide bonds. The van der Waals surface area contributed by atoms with Crippen molar-refractivity contribution in [1.29, 1.82) is 0 Å². The Morgan fingerprint density at radius 1 is 1.29 bits per heavy atom. The number of hydrogen-bond acceptors (Lipinski definition) is 5. The number of nitrogens with zero attached hydrogens (tertiary/aromatic N) is 2. The number of aryl methyl sites for hydroxylation is 1. The summed E-state index contributed by atoms with van der Waals surface area (Å²) in [5.41, 5.74) is 1.21. The zero-order valence-electron chi connectivity index (χ0n) is 13.0. The smallest absolute Gasteiger partial charge is 0.244 e. The Balaban J connectivity index is 1.66. The van der Waals surface area contributed by atoms with Gasteiger partial charge in [0, 0.05) is 25.2 Å². The third-order valence-electron chi connectivity index (χ3n) is 4.28. The SMILES string of the molecule is Cn1nccc1[C@H]1OCC[C@@H]1NS(=O)(=O)c1cccc2ccoc12. The molecule has 0 aliphatic carbocycles. The molecule has 1 N–H and O–H groups in total. The molecule has 8 heteroatoms. The lowest BCUT2D eigenvalue weighted by Crippen LogP contribution is -2.37. The van der Waals surface area contributed by atoms with Crippen LogP contribution in [0.1, 0.15) is 18.2 Å². The molecule has 1 saturated heterocycles. The lowest BCUT2D eigenvalue weighted by Gasteiger charge is -2.20. The number of benzene rings is 1. The Morgan fingerprint density at radius 3 is 2.96 bits per heavy atom. The van der Waals surface area contributed by atoms with E-state index in [1.807, 2.05) is 19.2 Å². The maximum Gasteiger partial charge on any atom is 0.244 e. The van der Waals surface area contributed by atoms with E-state index in [4.69, 9.17) is 9.15 Å². The molecule has 3 aromatic rings. The molecule has 0 unspecified atom stereocenters. The van der Waals surface area contributed by atoms with Gasteiger partial charge in [0.2, 0.25) is 10.0 Å². The van der Waals surface area contributed by atoms with Crippen LogP contribution >= 0.6 is 0 Å². The standard InChI is InChI=1S/C16H17N3O4S/c1-19-13(5-8-17-19)16-12(7-10-23-16)18-24(20,21)14-4-2-3-11-6-9-22-15(11)14/h2-6,8-9,12,16,18H,7,10H2,1H3/t12-,16-/m0/s1. The van der Waals surface area contributed by atoms with Crippen molar-refractivity contribution in [3.8, 4) is 0 Å². The van der Waals surface area contributed by atoms with Gasteiger partial charge in [0.25, 0.3) is 0 Å². The first-order valence-electron chi connectivity index (χ1n) is 7.64.